The van der Waals surface area contributed by atoms with E-state index in [0.29, 0.717) is 5.02 Å². The van der Waals surface area contributed by atoms with Gasteiger partial charge in [0.15, 0.2) is 0 Å². The van der Waals surface area contributed by atoms with Crippen LogP contribution >= 0.6 is 11.6 Å². The van der Waals surface area contributed by atoms with Crippen LogP contribution in [0.4, 0.5) is 5.69 Å². The molecule has 1 heterocycles. The Hall–Kier alpha value is -0.930. The number of methoxy groups -OCH3 is 1. The number of halogens is 1. The predicted molar refractivity (Wildman–Crippen MR) is 74.7 cm³/mol. The van der Waals surface area contributed by atoms with Crippen LogP contribution in [-0.4, -0.2) is 30.4 Å². The molecule has 0 spiro atoms. The molecule has 0 aromatic heterocycles. The Kier molecular flexibility index (Phi) is 3.74. The van der Waals surface area contributed by atoms with Gasteiger partial charge in [-0.15, -0.1) is 0 Å². The Bertz CT molecular complexity index is 434. The number of piperidine rings is 1. The maximum Gasteiger partial charge on any atom is 0.142 e. The predicted octanol–water partition coefficient (Wildman–Crippen LogP) is 3.09. The monoisotopic (exact) mass is 269 g/mol. The van der Waals surface area contributed by atoms with Crippen molar-refractivity contribution in [2.75, 3.05) is 18.6 Å². The maximum absolute atomic E-state index is 10.2. The van der Waals surface area contributed by atoms with E-state index in [-0.39, 0.29) is 11.6 Å². The van der Waals surface area contributed by atoms with Gasteiger partial charge in [-0.05, 0) is 44.9 Å². The van der Waals surface area contributed by atoms with Crippen molar-refractivity contribution in [3.8, 4) is 5.75 Å². The first-order valence-corrected chi connectivity index (χ1v) is 6.64. The summed E-state index contributed by atoms with van der Waals surface area (Å²) in [5.41, 5.74) is 0.643. The molecule has 0 radical (unpaired) electrons. The summed E-state index contributed by atoms with van der Waals surface area (Å²) in [6, 6.07) is 5.59. The molecule has 1 unspecified atom stereocenters. The summed E-state index contributed by atoms with van der Waals surface area (Å²) in [5.74, 6) is 0.793. The largest absolute Gasteiger partial charge is 0.495 e. The number of aliphatic hydroxyl groups excluding tert-OH is 1. The van der Waals surface area contributed by atoms with E-state index in [4.69, 9.17) is 16.3 Å². The minimum atomic E-state index is -0.338. The molecule has 0 amide bonds. The fourth-order valence-electron chi connectivity index (χ4n) is 2.57. The maximum atomic E-state index is 10.2. The first-order valence-electron chi connectivity index (χ1n) is 6.26. The van der Waals surface area contributed by atoms with Crippen LogP contribution in [0.1, 0.15) is 26.7 Å². The minimum absolute atomic E-state index is 0.309. The third-order valence-corrected chi connectivity index (χ3v) is 4.04. The second-order valence-corrected chi connectivity index (χ2v) is 5.72. The van der Waals surface area contributed by atoms with E-state index >= 15 is 0 Å². The van der Waals surface area contributed by atoms with Crippen molar-refractivity contribution in [1.82, 2.24) is 0 Å². The zero-order valence-electron chi connectivity index (χ0n) is 11.1. The topological polar surface area (TPSA) is 32.7 Å². The van der Waals surface area contributed by atoms with Crippen LogP contribution in [0.2, 0.25) is 5.02 Å². The van der Waals surface area contributed by atoms with E-state index in [9.17, 15) is 5.11 Å². The number of rotatable bonds is 2. The normalized spacial score (nSPS) is 22.9. The molecule has 0 saturated carbocycles. The number of hydrogen-bond donors (Lipinski definition) is 1. The third kappa shape index (κ3) is 2.29. The van der Waals surface area contributed by atoms with Gasteiger partial charge < -0.3 is 14.7 Å². The van der Waals surface area contributed by atoms with Crippen molar-refractivity contribution >= 4 is 17.3 Å². The molecule has 1 aromatic carbocycles. The van der Waals surface area contributed by atoms with Crippen molar-refractivity contribution < 1.29 is 9.84 Å². The van der Waals surface area contributed by atoms with Crippen LogP contribution in [0.5, 0.6) is 5.75 Å². The molecule has 1 aromatic rings. The van der Waals surface area contributed by atoms with Crippen molar-refractivity contribution in [2.45, 2.75) is 38.3 Å². The van der Waals surface area contributed by atoms with Crippen molar-refractivity contribution in [1.29, 1.82) is 0 Å². The number of nitrogens with zero attached hydrogens (tertiary/aromatic N) is 1. The summed E-state index contributed by atoms with van der Waals surface area (Å²) in [5, 5.41) is 10.9. The van der Waals surface area contributed by atoms with Gasteiger partial charge in [0.2, 0.25) is 0 Å². The van der Waals surface area contributed by atoms with E-state index in [0.717, 1.165) is 30.8 Å². The molecule has 1 N–H and O–H groups in total. The van der Waals surface area contributed by atoms with Gasteiger partial charge in [0.25, 0.3) is 0 Å². The molecule has 1 aliphatic heterocycles. The summed E-state index contributed by atoms with van der Waals surface area (Å²) in [6.07, 6.45) is 1.47. The van der Waals surface area contributed by atoms with Crippen LogP contribution in [0.15, 0.2) is 18.2 Å². The highest BCUT2D eigenvalue weighted by Crippen LogP contribution is 2.39. The lowest BCUT2D eigenvalue weighted by atomic mass is 9.86. The quantitative estimate of drug-likeness (QED) is 0.896. The average Bonchev–Trinajstić information content (AvgIpc) is 2.32. The molecule has 1 aliphatic rings. The average molecular weight is 270 g/mol. The molecule has 0 bridgehead atoms. The Morgan fingerprint density at radius 1 is 1.44 bits per heavy atom. The van der Waals surface area contributed by atoms with Gasteiger partial charge in [0.05, 0.1) is 24.4 Å². The molecule has 2 rings (SSSR count). The van der Waals surface area contributed by atoms with E-state index in [2.05, 4.69) is 18.7 Å². The number of hydrogen-bond acceptors (Lipinski definition) is 3. The number of benzene rings is 1. The van der Waals surface area contributed by atoms with Gasteiger partial charge in [-0.1, -0.05) is 11.6 Å². The number of anilines is 1. The SMILES string of the molecule is COc1ccc(Cl)cc1N1CCCC(O)C1(C)C. The first-order chi connectivity index (χ1) is 8.46. The standard InChI is InChI=1S/C14H20ClNO2/c1-14(2)13(17)5-4-8-16(14)11-9-10(15)6-7-12(11)18-3/h6-7,9,13,17H,4-5,8H2,1-3H3. The van der Waals surface area contributed by atoms with Gasteiger partial charge in [-0.3, -0.25) is 0 Å². The molecular formula is C14H20ClNO2. The van der Waals surface area contributed by atoms with Crippen LogP contribution in [-0.2, 0) is 0 Å². The van der Waals surface area contributed by atoms with Gasteiger partial charge in [-0.25, -0.2) is 0 Å². The first kappa shape index (κ1) is 13.5. The molecular weight excluding hydrogens is 250 g/mol. The third-order valence-electron chi connectivity index (χ3n) is 3.80. The van der Waals surface area contributed by atoms with Crippen LogP contribution in [0.25, 0.3) is 0 Å². The van der Waals surface area contributed by atoms with E-state index in [1.807, 2.05) is 18.2 Å². The molecule has 0 aliphatic carbocycles. The van der Waals surface area contributed by atoms with Gasteiger partial charge in [-0.2, -0.15) is 0 Å². The lowest BCUT2D eigenvalue weighted by molar-refractivity contribution is 0.0709. The van der Waals surface area contributed by atoms with Crippen molar-refractivity contribution in [2.24, 2.45) is 0 Å². The summed E-state index contributed by atoms with van der Waals surface area (Å²) >= 11 is 6.08. The van der Waals surface area contributed by atoms with Gasteiger partial charge in [0.1, 0.15) is 5.75 Å². The Morgan fingerprint density at radius 2 is 2.17 bits per heavy atom. The van der Waals surface area contributed by atoms with Gasteiger partial charge >= 0.3 is 0 Å². The Labute approximate surface area is 113 Å². The van der Waals surface area contributed by atoms with Crippen LogP contribution in [0, 0.1) is 0 Å². The highest BCUT2D eigenvalue weighted by atomic mass is 35.5. The Morgan fingerprint density at radius 3 is 2.83 bits per heavy atom. The van der Waals surface area contributed by atoms with Gasteiger partial charge in [0, 0.05) is 11.6 Å². The lowest BCUT2D eigenvalue weighted by Crippen LogP contribution is -2.56. The van der Waals surface area contributed by atoms with Crippen molar-refractivity contribution in [3.63, 3.8) is 0 Å². The summed E-state index contributed by atoms with van der Waals surface area (Å²) < 4.78 is 5.40. The molecule has 4 heteroatoms. The minimum Gasteiger partial charge on any atom is -0.495 e. The number of ether oxygens (including phenoxy) is 1. The van der Waals surface area contributed by atoms with E-state index in [1.54, 1.807) is 7.11 Å². The molecule has 1 fully saturated rings. The highest BCUT2D eigenvalue weighted by Gasteiger charge is 2.38. The lowest BCUT2D eigenvalue weighted by Gasteiger charge is -2.47. The number of aliphatic hydroxyl groups is 1. The van der Waals surface area contributed by atoms with Crippen LogP contribution < -0.4 is 9.64 Å². The second kappa shape index (κ2) is 4.98. The zero-order chi connectivity index (χ0) is 13.3. The van der Waals surface area contributed by atoms with E-state index in [1.165, 1.54) is 0 Å². The zero-order valence-corrected chi connectivity index (χ0v) is 11.9. The summed E-state index contributed by atoms with van der Waals surface area (Å²) in [4.78, 5) is 2.19. The fourth-order valence-corrected chi connectivity index (χ4v) is 2.74. The highest BCUT2D eigenvalue weighted by molar-refractivity contribution is 6.30. The molecule has 1 atom stereocenters. The second-order valence-electron chi connectivity index (χ2n) is 5.28. The fraction of sp³-hybridized carbons (Fsp3) is 0.571. The van der Waals surface area contributed by atoms with E-state index < -0.39 is 0 Å². The molecule has 3 nitrogen and oxygen atoms in total. The van der Waals surface area contributed by atoms with Crippen molar-refractivity contribution in [3.05, 3.63) is 23.2 Å². The molecule has 1 saturated heterocycles. The Balaban J connectivity index is 2.43. The summed E-state index contributed by atoms with van der Waals surface area (Å²) in [7, 11) is 1.65. The smallest absolute Gasteiger partial charge is 0.142 e. The molecule has 18 heavy (non-hydrogen) atoms. The summed E-state index contributed by atoms with van der Waals surface area (Å²) in [6.45, 7) is 5.01. The van der Waals surface area contributed by atoms with Crippen LogP contribution in [0.3, 0.4) is 0 Å². The molecule has 100 valence electrons.